The summed E-state index contributed by atoms with van der Waals surface area (Å²) in [5.41, 5.74) is 1.36. The summed E-state index contributed by atoms with van der Waals surface area (Å²) < 4.78 is 64.1. The van der Waals surface area contributed by atoms with Crippen LogP contribution >= 0.6 is 0 Å². The zero-order chi connectivity index (χ0) is 20.7. The van der Waals surface area contributed by atoms with Gasteiger partial charge in [-0.25, -0.2) is 13.1 Å². The molecule has 0 radical (unpaired) electrons. The minimum Gasteiger partial charge on any atom is -0.233 e. The summed E-state index contributed by atoms with van der Waals surface area (Å²) in [6, 6.07) is 11.4. The fourth-order valence-corrected chi connectivity index (χ4v) is 3.37. The summed E-state index contributed by atoms with van der Waals surface area (Å²) >= 11 is 0. The second-order valence-corrected chi connectivity index (χ2v) is 8.28. The Hall–Kier alpha value is -3.05. The lowest BCUT2D eigenvalue weighted by Crippen LogP contribution is -2.07. The van der Waals surface area contributed by atoms with Crippen molar-refractivity contribution in [2.75, 3.05) is 6.26 Å². The molecule has 0 aliphatic carbocycles. The molecule has 1 heterocycles. The molecule has 0 bridgehead atoms. The van der Waals surface area contributed by atoms with Crippen LogP contribution in [0.15, 0.2) is 53.4 Å². The van der Waals surface area contributed by atoms with E-state index in [0.29, 0.717) is 16.8 Å². The van der Waals surface area contributed by atoms with Crippen molar-refractivity contribution >= 4 is 9.84 Å². The number of alkyl halides is 3. The van der Waals surface area contributed by atoms with Gasteiger partial charge in [-0.3, -0.25) is 0 Å². The van der Waals surface area contributed by atoms with Gasteiger partial charge in [-0.15, -0.1) is 6.42 Å². The van der Waals surface area contributed by atoms with Crippen LogP contribution in [-0.2, 0) is 16.0 Å². The van der Waals surface area contributed by atoms with E-state index in [1.54, 1.807) is 25.1 Å². The molecule has 3 rings (SSSR count). The molecule has 0 aliphatic rings. The maximum Gasteiger partial charge on any atom is 0.435 e. The Morgan fingerprint density at radius 3 is 2.21 bits per heavy atom. The van der Waals surface area contributed by atoms with Gasteiger partial charge in [-0.1, -0.05) is 12.0 Å². The number of hydrogen-bond donors (Lipinski definition) is 0. The summed E-state index contributed by atoms with van der Waals surface area (Å²) in [7, 11) is -3.42. The molecular weight excluding hydrogens is 389 g/mol. The molecule has 28 heavy (non-hydrogen) atoms. The standard InChI is InChI=1S/C20H15F3N2O2S/c1-4-14-5-6-15(11-13(14)2)18-12-19(20(21,22)23)24-25(18)16-7-9-17(10-8-16)28(3,26)27/h1,5-12H,2-3H3. The molecule has 0 N–H and O–H groups in total. The lowest BCUT2D eigenvalue weighted by Gasteiger charge is -2.10. The molecule has 0 unspecified atom stereocenters. The smallest absolute Gasteiger partial charge is 0.233 e. The molecule has 4 nitrogen and oxygen atoms in total. The fraction of sp³-hybridized carbons (Fsp3) is 0.150. The summed E-state index contributed by atoms with van der Waals surface area (Å²) in [4.78, 5) is 0.0650. The van der Waals surface area contributed by atoms with Crippen LogP contribution in [0.5, 0.6) is 0 Å². The van der Waals surface area contributed by atoms with Crippen LogP contribution in [0.25, 0.3) is 16.9 Å². The molecular formula is C20H15F3N2O2S. The molecule has 0 amide bonds. The highest BCUT2D eigenvalue weighted by atomic mass is 32.2. The second kappa shape index (κ2) is 6.84. The van der Waals surface area contributed by atoms with E-state index in [-0.39, 0.29) is 10.6 Å². The highest BCUT2D eigenvalue weighted by Gasteiger charge is 2.35. The van der Waals surface area contributed by atoms with Crippen LogP contribution in [0.2, 0.25) is 0 Å². The van der Waals surface area contributed by atoms with E-state index in [1.807, 2.05) is 0 Å². The van der Waals surface area contributed by atoms with Crippen LogP contribution < -0.4 is 0 Å². The molecule has 0 spiro atoms. The average molecular weight is 404 g/mol. The minimum absolute atomic E-state index is 0.0650. The van der Waals surface area contributed by atoms with Gasteiger partial charge in [-0.2, -0.15) is 18.3 Å². The largest absolute Gasteiger partial charge is 0.435 e. The summed E-state index contributed by atoms with van der Waals surface area (Å²) in [5.74, 6) is 2.51. The maximum absolute atomic E-state index is 13.2. The Balaban J connectivity index is 2.19. The van der Waals surface area contributed by atoms with Crippen LogP contribution in [0.1, 0.15) is 16.8 Å². The third-order valence-corrected chi connectivity index (χ3v) is 5.32. The molecule has 0 aliphatic heterocycles. The zero-order valence-electron chi connectivity index (χ0n) is 14.9. The fourth-order valence-electron chi connectivity index (χ4n) is 2.74. The van der Waals surface area contributed by atoms with Gasteiger partial charge < -0.3 is 0 Å². The predicted octanol–water partition coefficient (Wildman–Crippen LogP) is 4.25. The molecule has 1 aromatic heterocycles. The predicted molar refractivity (Wildman–Crippen MR) is 99.8 cm³/mol. The Morgan fingerprint density at radius 1 is 1.07 bits per heavy atom. The number of sulfone groups is 1. The van der Waals surface area contributed by atoms with Gasteiger partial charge in [0.05, 0.1) is 16.3 Å². The third-order valence-electron chi connectivity index (χ3n) is 4.19. The molecule has 0 fully saturated rings. The first-order chi connectivity index (χ1) is 13.0. The normalized spacial score (nSPS) is 12.0. The summed E-state index contributed by atoms with van der Waals surface area (Å²) in [6.45, 7) is 1.77. The SMILES string of the molecule is C#Cc1ccc(-c2cc(C(F)(F)F)nn2-c2ccc(S(C)(=O)=O)cc2)cc1C. The number of nitrogens with zero attached hydrogens (tertiary/aromatic N) is 2. The first-order valence-corrected chi connectivity index (χ1v) is 9.95. The lowest BCUT2D eigenvalue weighted by atomic mass is 10.0. The van der Waals surface area contributed by atoms with E-state index in [0.717, 1.165) is 22.6 Å². The topological polar surface area (TPSA) is 52.0 Å². The van der Waals surface area contributed by atoms with Gasteiger partial charge in [-0.05, 0) is 55.0 Å². The van der Waals surface area contributed by atoms with Gasteiger partial charge in [0.25, 0.3) is 0 Å². The van der Waals surface area contributed by atoms with Gasteiger partial charge in [0, 0.05) is 17.4 Å². The Bertz CT molecular complexity index is 1190. The first-order valence-electron chi connectivity index (χ1n) is 8.06. The number of rotatable bonds is 3. The van der Waals surface area contributed by atoms with Gasteiger partial charge in [0.1, 0.15) is 0 Å². The zero-order valence-corrected chi connectivity index (χ0v) is 15.8. The van der Waals surface area contributed by atoms with Crippen molar-refractivity contribution in [2.45, 2.75) is 18.0 Å². The molecule has 0 saturated carbocycles. The molecule has 0 atom stereocenters. The van der Waals surface area contributed by atoms with E-state index in [2.05, 4.69) is 11.0 Å². The van der Waals surface area contributed by atoms with E-state index < -0.39 is 21.7 Å². The highest BCUT2D eigenvalue weighted by Crippen LogP contribution is 2.34. The highest BCUT2D eigenvalue weighted by molar-refractivity contribution is 7.90. The van der Waals surface area contributed by atoms with Crippen molar-refractivity contribution in [3.63, 3.8) is 0 Å². The Kier molecular flexibility index (Phi) is 4.81. The Labute approximate surface area is 160 Å². The number of aromatic nitrogens is 2. The number of hydrogen-bond acceptors (Lipinski definition) is 3. The number of aryl methyl sites for hydroxylation is 1. The Morgan fingerprint density at radius 2 is 1.71 bits per heavy atom. The third kappa shape index (κ3) is 3.80. The summed E-state index contributed by atoms with van der Waals surface area (Å²) in [6.07, 6.45) is 1.84. The van der Waals surface area contributed by atoms with Crippen molar-refractivity contribution in [2.24, 2.45) is 0 Å². The molecule has 144 valence electrons. The molecule has 8 heteroatoms. The number of halogens is 3. The number of terminal acetylenes is 1. The maximum atomic E-state index is 13.2. The van der Waals surface area contributed by atoms with E-state index in [9.17, 15) is 21.6 Å². The van der Waals surface area contributed by atoms with Crippen LogP contribution in [0.4, 0.5) is 13.2 Å². The van der Waals surface area contributed by atoms with Crippen LogP contribution in [0, 0.1) is 19.3 Å². The molecule has 2 aromatic carbocycles. The average Bonchev–Trinajstić information content (AvgIpc) is 3.07. The number of benzene rings is 2. The monoisotopic (exact) mass is 404 g/mol. The van der Waals surface area contributed by atoms with Crippen LogP contribution in [0.3, 0.4) is 0 Å². The van der Waals surface area contributed by atoms with Crippen molar-refractivity contribution in [1.29, 1.82) is 0 Å². The molecule has 0 saturated heterocycles. The van der Waals surface area contributed by atoms with Crippen molar-refractivity contribution < 1.29 is 21.6 Å². The lowest BCUT2D eigenvalue weighted by molar-refractivity contribution is -0.141. The van der Waals surface area contributed by atoms with Gasteiger partial charge in [0.15, 0.2) is 15.5 Å². The van der Waals surface area contributed by atoms with Crippen molar-refractivity contribution in [1.82, 2.24) is 9.78 Å². The molecule has 3 aromatic rings. The van der Waals surface area contributed by atoms with Crippen molar-refractivity contribution in [3.05, 3.63) is 65.4 Å². The quantitative estimate of drug-likeness (QED) is 0.614. The second-order valence-electron chi connectivity index (χ2n) is 6.26. The van der Waals surface area contributed by atoms with Gasteiger partial charge >= 0.3 is 6.18 Å². The van der Waals surface area contributed by atoms with E-state index in [4.69, 9.17) is 6.42 Å². The van der Waals surface area contributed by atoms with Gasteiger partial charge in [0.2, 0.25) is 0 Å². The minimum atomic E-state index is -4.62. The van der Waals surface area contributed by atoms with Crippen molar-refractivity contribution in [3.8, 4) is 29.3 Å². The van der Waals surface area contributed by atoms with E-state index >= 15 is 0 Å². The first kappa shape index (κ1) is 19.7. The van der Waals surface area contributed by atoms with E-state index in [1.165, 1.54) is 24.3 Å². The van der Waals surface area contributed by atoms with Crippen LogP contribution in [-0.4, -0.2) is 24.5 Å². The summed E-state index contributed by atoms with van der Waals surface area (Å²) in [5, 5.41) is 3.69.